The summed E-state index contributed by atoms with van der Waals surface area (Å²) < 4.78 is 0. The zero-order chi connectivity index (χ0) is 15.8. The first-order valence-corrected chi connectivity index (χ1v) is 8.21. The van der Waals surface area contributed by atoms with Crippen molar-refractivity contribution in [3.63, 3.8) is 0 Å². The number of benzene rings is 1. The van der Waals surface area contributed by atoms with Gasteiger partial charge in [-0.05, 0) is 44.8 Å². The van der Waals surface area contributed by atoms with Crippen LogP contribution in [0.5, 0.6) is 0 Å². The lowest BCUT2D eigenvalue weighted by molar-refractivity contribution is -0.127. The first-order chi connectivity index (χ1) is 10.6. The Hall–Kier alpha value is -1.68. The fraction of sp³-hybridized carbons (Fsp3) is 0.556. The van der Waals surface area contributed by atoms with E-state index in [0.29, 0.717) is 13.0 Å². The van der Waals surface area contributed by atoms with E-state index in [2.05, 4.69) is 10.2 Å². The molecule has 1 saturated heterocycles. The van der Waals surface area contributed by atoms with Gasteiger partial charge in [0.05, 0.1) is 12.6 Å². The minimum Gasteiger partial charge on any atom is -0.345 e. The van der Waals surface area contributed by atoms with Crippen molar-refractivity contribution in [1.29, 1.82) is 0 Å². The molecule has 4 heteroatoms. The molecule has 2 rings (SSSR count). The third-order valence-electron chi connectivity index (χ3n) is 4.17. The molecule has 0 bridgehead atoms. The van der Waals surface area contributed by atoms with Gasteiger partial charge in [-0.25, -0.2) is 0 Å². The lowest BCUT2D eigenvalue weighted by atomic mass is 10.0. The van der Waals surface area contributed by atoms with Crippen molar-refractivity contribution < 1.29 is 9.59 Å². The van der Waals surface area contributed by atoms with Crippen LogP contribution in [-0.2, 0) is 16.0 Å². The van der Waals surface area contributed by atoms with Crippen LogP contribution < -0.4 is 5.32 Å². The SMILES string of the molecule is CC(=O)[C@H](Cc1ccccc1)NC(=O)CN1CCCCCC1. The molecule has 1 aromatic carbocycles. The molecular weight excluding hydrogens is 276 g/mol. The monoisotopic (exact) mass is 302 g/mol. The summed E-state index contributed by atoms with van der Waals surface area (Å²) >= 11 is 0. The molecular formula is C18H26N2O2. The summed E-state index contributed by atoms with van der Waals surface area (Å²) in [6.45, 7) is 3.91. The van der Waals surface area contributed by atoms with Gasteiger partial charge in [-0.15, -0.1) is 0 Å². The molecule has 1 amide bonds. The Labute approximate surface area is 132 Å². The maximum absolute atomic E-state index is 12.2. The van der Waals surface area contributed by atoms with E-state index in [4.69, 9.17) is 0 Å². The number of amides is 1. The van der Waals surface area contributed by atoms with Crippen LogP contribution in [-0.4, -0.2) is 42.3 Å². The van der Waals surface area contributed by atoms with Crippen LogP contribution in [0.2, 0.25) is 0 Å². The molecule has 0 spiro atoms. The van der Waals surface area contributed by atoms with Crippen LogP contribution in [0.25, 0.3) is 0 Å². The molecule has 120 valence electrons. The Morgan fingerprint density at radius 1 is 1.09 bits per heavy atom. The van der Waals surface area contributed by atoms with Gasteiger partial charge >= 0.3 is 0 Å². The summed E-state index contributed by atoms with van der Waals surface area (Å²) in [5.41, 5.74) is 1.07. The second kappa shape index (κ2) is 8.69. The Bertz CT molecular complexity index is 479. The Kier molecular flexibility index (Phi) is 6.59. The molecule has 1 aliphatic rings. The number of likely N-dealkylation sites (tertiary alicyclic amines) is 1. The topological polar surface area (TPSA) is 49.4 Å². The van der Waals surface area contributed by atoms with Crippen LogP contribution in [0, 0.1) is 0 Å². The molecule has 0 saturated carbocycles. The zero-order valence-electron chi connectivity index (χ0n) is 13.4. The number of hydrogen-bond acceptors (Lipinski definition) is 3. The number of nitrogens with one attached hydrogen (secondary N) is 1. The van der Waals surface area contributed by atoms with Gasteiger partial charge in [0.2, 0.25) is 5.91 Å². The Morgan fingerprint density at radius 3 is 2.32 bits per heavy atom. The minimum atomic E-state index is -0.429. The average Bonchev–Trinajstić information content (AvgIpc) is 2.76. The van der Waals surface area contributed by atoms with E-state index in [1.54, 1.807) is 6.92 Å². The highest BCUT2D eigenvalue weighted by atomic mass is 16.2. The molecule has 22 heavy (non-hydrogen) atoms. The van der Waals surface area contributed by atoms with Crippen LogP contribution in [0.1, 0.15) is 38.2 Å². The highest BCUT2D eigenvalue weighted by Crippen LogP contribution is 2.09. The highest BCUT2D eigenvalue weighted by Gasteiger charge is 2.19. The van der Waals surface area contributed by atoms with Crippen LogP contribution in [0.3, 0.4) is 0 Å². The van der Waals surface area contributed by atoms with E-state index >= 15 is 0 Å². The predicted octanol–water partition coefficient (Wildman–Crippen LogP) is 2.18. The van der Waals surface area contributed by atoms with E-state index in [1.807, 2.05) is 30.3 Å². The van der Waals surface area contributed by atoms with Gasteiger partial charge in [0.1, 0.15) is 0 Å². The van der Waals surface area contributed by atoms with Crippen molar-refractivity contribution in [2.45, 2.75) is 45.1 Å². The van der Waals surface area contributed by atoms with Crippen LogP contribution in [0.15, 0.2) is 30.3 Å². The first-order valence-electron chi connectivity index (χ1n) is 8.21. The van der Waals surface area contributed by atoms with Crippen molar-refractivity contribution in [1.82, 2.24) is 10.2 Å². The number of carbonyl (C=O) groups excluding carboxylic acids is 2. The Morgan fingerprint density at radius 2 is 1.73 bits per heavy atom. The van der Waals surface area contributed by atoms with E-state index in [0.717, 1.165) is 31.5 Å². The van der Waals surface area contributed by atoms with E-state index < -0.39 is 6.04 Å². The third kappa shape index (κ3) is 5.60. The van der Waals surface area contributed by atoms with E-state index in [1.165, 1.54) is 12.8 Å². The second-order valence-corrected chi connectivity index (χ2v) is 6.11. The molecule has 1 aromatic rings. The zero-order valence-corrected chi connectivity index (χ0v) is 13.4. The second-order valence-electron chi connectivity index (χ2n) is 6.11. The summed E-state index contributed by atoms with van der Waals surface area (Å²) in [4.78, 5) is 26.2. The van der Waals surface area contributed by atoms with Gasteiger partial charge in [0.25, 0.3) is 0 Å². The number of carbonyl (C=O) groups is 2. The van der Waals surface area contributed by atoms with Gasteiger partial charge in [-0.3, -0.25) is 14.5 Å². The molecule has 1 heterocycles. The summed E-state index contributed by atoms with van der Waals surface area (Å²) in [6.07, 6.45) is 5.38. The van der Waals surface area contributed by atoms with Crippen molar-refractivity contribution in [3.8, 4) is 0 Å². The first kappa shape index (κ1) is 16.7. The van der Waals surface area contributed by atoms with Crippen molar-refractivity contribution in [2.24, 2.45) is 0 Å². The van der Waals surface area contributed by atoms with E-state index in [-0.39, 0.29) is 11.7 Å². The fourth-order valence-corrected chi connectivity index (χ4v) is 2.88. The minimum absolute atomic E-state index is 0.00747. The normalized spacial score (nSPS) is 17.5. The average molecular weight is 302 g/mol. The number of Topliss-reactive ketones (excluding diaryl/α,β-unsaturated/α-hetero) is 1. The van der Waals surface area contributed by atoms with Crippen molar-refractivity contribution in [2.75, 3.05) is 19.6 Å². The molecule has 1 fully saturated rings. The largest absolute Gasteiger partial charge is 0.345 e. The lowest BCUT2D eigenvalue weighted by Crippen LogP contribution is -2.46. The van der Waals surface area contributed by atoms with Gasteiger partial charge in [-0.2, -0.15) is 0 Å². The molecule has 1 atom stereocenters. The number of nitrogens with zero attached hydrogens (tertiary/aromatic N) is 1. The van der Waals surface area contributed by atoms with Crippen LogP contribution >= 0.6 is 0 Å². The lowest BCUT2D eigenvalue weighted by Gasteiger charge is -2.21. The summed E-state index contributed by atoms with van der Waals surface area (Å²) in [5.74, 6) is -0.0360. The van der Waals surface area contributed by atoms with Crippen LogP contribution in [0.4, 0.5) is 0 Å². The van der Waals surface area contributed by atoms with Gasteiger partial charge in [0.15, 0.2) is 5.78 Å². The van der Waals surface area contributed by atoms with Gasteiger partial charge in [-0.1, -0.05) is 43.2 Å². The summed E-state index contributed by atoms with van der Waals surface area (Å²) in [6, 6.07) is 9.39. The fourth-order valence-electron chi connectivity index (χ4n) is 2.88. The Balaban J connectivity index is 1.87. The molecule has 0 aromatic heterocycles. The molecule has 1 N–H and O–H groups in total. The van der Waals surface area contributed by atoms with Crippen molar-refractivity contribution in [3.05, 3.63) is 35.9 Å². The molecule has 1 aliphatic heterocycles. The molecule has 4 nitrogen and oxygen atoms in total. The summed E-state index contributed by atoms with van der Waals surface area (Å²) in [5, 5.41) is 2.90. The smallest absolute Gasteiger partial charge is 0.234 e. The third-order valence-corrected chi connectivity index (χ3v) is 4.17. The highest BCUT2D eigenvalue weighted by molar-refractivity contribution is 5.88. The van der Waals surface area contributed by atoms with E-state index in [9.17, 15) is 9.59 Å². The quantitative estimate of drug-likeness (QED) is 0.876. The maximum Gasteiger partial charge on any atom is 0.234 e. The molecule has 0 aliphatic carbocycles. The van der Waals surface area contributed by atoms with Gasteiger partial charge in [0, 0.05) is 0 Å². The summed E-state index contributed by atoms with van der Waals surface area (Å²) in [7, 11) is 0. The molecule has 0 unspecified atom stereocenters. The number of hydrogen-bond donors (Lipinski definition) is 1. The number of ketones is 1. The van der Waals surface area contributed by atoms with Crippen molar-refractivity contribution >= 4 is 11.7 Å². The molecule has 0 radical (unpaired) electrons. The maximum atomic E-state index is 12.2. The van der Waals surface area contributed by atoms with Gasteiger partial charge < -0.3 is 5.32 Å². The standard InChI is InChI=1S/C18H26N2O2/c1-15(21)17(13-16-9-5-4-6-10-16)19-18(22)14-20-11-7-2-3-8-12-20/h4-6,9-10,17H,2-3,7-8,11-14H2,1H3,(H,19,22)/t17-/m0/s1. The predicted molar refractivity (Wildman–Crippen MR) is 87.7 cm³/mol. The number of rotatable bonds is 6.